The largest absolute Gasteiger partial charge is 0.359 e. The van der Waals surface area contributed by atoms with E-state index < -0.39 is 0 Å². The summed E-state index contributed by atoms with van der Waals surface area (Å²) < 4.78 is 5.36. The summed E-state index contributed by atoms with van der Waals surface area (Å²) in [7, 11) is 0. The Morgan fingerprint density at radius 3 is 3.00 bits per heavy atom. The molecule has 22 heavy (non-hydrogen) atoms. The number of carbonyl (C=O) groups excluding carboxylic acids is 1. The van der Waals surface area contributed by atoms with Crippen molar-refractivity contribution < 1.29 is 9.32 Å². The predicted octanol–water partition coefficient (Wildman–Crippen LogP) is 3.47. The van der Waals surface area contributed by atoms with E-state index >= 15 is 0 Å². The minimum absolute atomic E-state index is 0.0249. The van der Waals surface area contributed by atoms with Crippen LogP contribution >= 0.6 is 11.3 Å². The number of carbonyl (C=O) groups is 1. The van der Waals surface area contributed by atoms with E-state index in [-0.39, 0.29) is 11.9 Å². The number of nitrogens with zero attached hydrogens (tertiary/aromatic N) is 3. The quantitative estimate of drug-likeness (QED) is 0.866. The predicted molar refractivity (Wildman–Crippen MR) is 84.8 cm³/mol. The Morgan fingerprint density at radius 1 is 1.55 bits per heavy atom. The van der Waals surface area contributed by atoms with Crippen molar-refractivity contribution in [2.75, 3.05) is 6.54 Å². The minimum atomic E-state index is 0.0249. The molecule has 6 heteroatoms. The van der Waals surface area contributed by atoms with Crippen molar-refractivity contribution in [3.8, 4) is 0 Å². The van der Waals surface area contributed by atoms with Crippen LogP contribution in [-0.2, 0) is 11.2 Å². The fourth-order valence-electron chi connectivity index (χ4n) is 2.83. The Morgan fingerprint density at radius 2 is 2.36 bits per heavy atom. The van der Waals surface area contributed by atoms with Gasteiger partial charge in [0, 0.05) is 23.9 Å². The van der Waals surface area contributed by atoms with E-state index in [4.69, 9.17) is 4.52 Å². The van der Waals surface area contributed by atoms with Crippen LogP contribution in [-0.4, -0.2) is 27.5 Å². The zero-order chi connectivity index (χ0) is 15.7. The van der Waals surface area contributed by atoms with Crippen LogP contribution < -0.4 is 0 Å². The summed E-state index contributed by atoms with van der Waals surface area (Å²) in [6.07, 6.45) is 2.31. The molecule has 0 aromatic carbocycles. The highest BCUT2D eigenvalue weighted by molar-refractivity contribution is 7.09. The van der Waals surface area contributed by atoms with Gasteiger partial charge < -0.3 is 9.42 Å². The molecule has 1 amide bonds. The summed E-state index contributed by atoms with van der Waals surface area (Å²) in [5, 5.41) is 7.02. The van der Waals surface area contributed by atoms with Crippen molar-refractivity contribution in [1.29, 1.82) is 0 Å². The Bertz CT molecular complexity index is 662. The van der Waals surface area contributed by atoms with Gasteiger partial charge in [0.25, 0.3) is 0 Å². The second kappa shape index (κ2) is 6.20. The summed E-state index contributed by atoms with van der Waals surface area (Å²) in [6.45, 7) is 6.92. The Labute approximate surface area is 134 Å². The molecule has 0 N–H and O–H groups in total. The van der Waals surface area contributed by atoms with Crippen molar-refractivity contribution in [1.82, 2.24) is 15.0 Å². The van der Waals surface area contributed by atoms with E-state index in [0.29, 0.717) is 12.3 Å². The van der Waals surface area contributed by atoms with Gasteiger partial charge in [-0.25, -0.2) is 4.98 Å². The first-order valence-corrected chi connectivity index (χ1v) is 8.59. The molecule has 2 aromatic rings. The van der Waals surface area contributed by atoms with Crippen molar-refractivity contribution in [3.05, 3.63) is 33.6 Å². The molecule has 0 saturated carbocycles. The third-order valence-electron chi connectivity index (χ3n) is 3.94. The van der Waals surface area contributed by atoms with Crippen LogP contribution in [0.3, 0.4) is 0 Å². The SMILES string of the molecule is Cc1cc(C2CCCN2C(=O)Cc2csc(C(C)C)n2)on1. The van der Waals surface area contributed by atoms with Crippen LogP contribution in [0.1, 0.15) is 60.8 Å². The Kier molecular flexibility index (Phi) is 4.29. The van der Waals surface area contributed by atoms with Gasteiger partial charge in [0.2, 0.25) is 5.91 Å². The van der Waals surface area contributed by atoms with E-state index in [9.17, 15) is 4.79 Å². The monoisotopic (exact) mass is 319 g/mol. The lowest BCUT2D eigenvalue weighted by Crippen LogP contribution is -2.31. The molecule has 1 fully saturated rings. The van der Waals surface area contributed by atoms with Crippen molar-refractivity contribution in [3.63, 3.8) is 0 Å². The summed E-state index contributed by atoms with van der Waals surface area (Å²) in [5.41, 5.74) is 1.73. The molecule has 1 aliphatic heterocycles. The molecule has 1 aliphatic rings. The number of hydrogen-bond donors (Lipinski definition) is 0. The molecule has 0 spiro atoms. The lowest BCUT2D eigenvalue weighted by atomic mass is 10.1. The molecule has 1 atom stereocenters. The van der Waals surface area contributed by atoms with E-state index in [1.165, 1.54) is 0 Å². The molecule has 1 saturated heterocycles. The second-order valence-corrected chi connectivity index (χ2v) is 7.01. The van der Waals surface area contributed by atoms with Gasteiger partial charge in [-0.2, -0.15) is 0 Å². The zero-order valence-corrected chi connectivity index (χ0v) is 14.0. The molecular formula is C16H21N3O2S. The highest BCUT2D eigenvalue weighted by Gasteiger charge is 2.32. The lowest BCUT2D eigenvalue weighted by Gasteiger charge is -2.22. The van der Waals surface area contributed by atoms with Crippen LogP contribution in [0.25, 0.3) is 0 Å². The normalized spacial score (nSPS) is 18.4. The Balaban J connectivity index is 1.70. The third kappa shape index (κ3) is 3.06. The maximum Gasteiger partial charge on any atom is 0.229 e. The molecule has 3 heterocycles. The van der Waals surface area contributed by atoms with Gasteiger partial charge in [0.1, 0.15) is 0 Å². The fourth-order valence-corrected chi connectivity index (χ4v) is 3.66. The van der Waals surface area contributed by atoms with E-state index in [2.05, 4.69) is 24.0 Å². The molecule has 0 bridgehead atoms. The highest BCUT2D eigenvalue weighted by Crippen LogP contribution is 2.32. The van der Waals surface area contributed by atoms with E-state index in [1.807, 2.05) is 23.3 Å². The average molecular weight is 319 g/mol. The first kappa shape index (κ1) is 15.2. The smallest absolute Gasteiger partial charge is 0.229 e. The van der Waals surface area contributed by atoms with Crippen LogP contribution in [0.2, 0.25) is 0 Å². The van der Waals surface area contributed by atoms with Gasteiger partial charge >= 0.3 is 0 Å². The van der Waals surface area contributed by atoms with Crippen LogP contribution in [0.15, 0.2) is 16.0 Å². The summed E-state index contributed by atoms with van der Waals surface area (Å²) >= 11 is 1.63. The van der Waals surface area contributed by atoms with Gasteiger partial charge in [-0.3, -0.25) is 4.79 Å². The summed E-state index contributed by atoms with van der Waals surface area (Å²) in [5.74, 6) is 1.33. The van der Waals surface area contributed by atoms with E-state index in [0.717, 1.165) is 41.5 Å². The maximum atomic E-state index is 12.6. The molecule has 0 aliphatic carbocycles. The number of aryl methyl sites for hydroxylation is 1. The van der Waals surface area contributed by atoms with Crippen molar-refractivity contribution >= 4 is 17.2 Å². The van der Waals surface area contributed by atoms with Crippen molar-refractivity contribution in [2.45, 2.75) is 52.0 Å². The van der Waals surface area contributed by atoms with Crippen molar-refractivity contribution in [2.24, 2.45) is 0 Å². The van der Waals surface area contributed by atoms with Gasteiger partial charge in [-0.05, 0) is 19.8 Å². The first-order chi connectivity index (χ1) is 10.5. The van der Waals surface area contributed by atoms with Gasteiger partial charge in [-0.15, -0.1) is 11.3 Å². The number of amides is 1. The zero-order valence-electron chi connectivity index (χ0n) is 13.2. The molecule has 118 valence electrons. The molecule has 0 radical (unpaired) electrons. The standard InChI is InChI=1S/C16H21N3O2S/c1-10(2)16-17-12(9-22-16)8-15(20)19-6-4-5-13(19)14-7-11(3)18-21-14/h7,9-10,13H,4-6,8H2,1-3H3. The number of hydrogen-bond acceptors (Lipinski definition) is 5. The van der Waals surface area contributed by atoms with Gasteiger partial charge in [-0.1, -0.05) is 19.0 Å². The lowest BCUT2D eigenvalue weighted by molar-refractivity contribution is -0.131. The van der Waals surface area contributed by atoms with Gasteiger partial charge in [0.15, 0.2) is 5.76 Å². The average Bonchev–Trinajstić information content (AvgIpc) is 3.16. The minimum Gasteiger partial charge on any atom is -0.359 e. The fraction of sp³-hybridized carbons (Fsp3) is 0.562. The number of rotatable bonds is 4. The number of thiazole rings is 1. The molecule has 5 nitrogen and oxygen atoms in total. The van der Waals surface area contributed by atoms with Crippen LogP contribution in [0.5, 0.6) is 0 Å². The maximum absolute atomic E-state index is 12.6. The van der Waals surface area contributed by atoms with Crippen LogP contribution in [0.4, 0.5) is 0 Å². The summed E-state index contributed by atoms with van der Waals surface area (Å²) in [6, 6.07) is 1.95. The topological polar surface area (TPSA) is 59.2 Å². The van der Waals surface area contributed by atoms with E-state index in [1.54, 1.807) is 11.3 Å². The second-order valence-electron chi connectivity index (χ2n) is 6.12. The molecular weight excluding hydrogens is 298 g/mol. The number of aromatic nitrogens is 2. The molecule has 2 aromatic heterocycles. The summed E-state index contributed by atoms with van der Waals surface area (Å²) in [4.78, 5) is 19.1. The van der Waals surface area contributed by atoms with Gasteiger partial charge in [0.05, 0.1) is 28.9 Å². The third-order valence-corrected chi connectivity index (χ3v) is 5.14. The Hall–Kier alpha value is -1.69. The van der Waals surface area contributed by atoms with Crippen LogP contribution in [0, 0.1) is 6.92 Å². The number of likely N-dealkylation sites (tertiary alicyclic amines) is 1. The molecule has 3 rings (SSSR count). The highest BCUT2D eigenvalue weighted by atomic mass is 32.1. The molecule has 1 unspecified atom stereocenters. The first-order valence-electron chi connectivity index (χ1n) is 7.71.